The average molecular weight is 274 g/mol. The van der Waals surface area contributed by atoms with Crippen molar-refractivity contribution in [3.05, 3.63) is 52.4 Å². The number of hydrogen-bond acceptors (Lipinski definition) is 3. The van der Waals surface area contributed by atoms with Gasteiger partial charge in [0.05, 0.1) is 0 Å². The lowest BCUT2D eigenvalue weighted by molar-refractivity contribution is 0.608. The summed E-state index contributed by atoms with van der Waals surface area (Å²) >= 11 is 5.96. The number of nitrogens with zero attached hydrogens (tertiary/aromatic N) is 2. The Balaban J connectivity index is 1.75. The molecule has 98 valence electrons. The molecule has 0 amide bonds. The number of aryl methyl sites for hydroxylation is 2. The molecule has 3 rings (SSSR count). The summed E-state index contributed by atoms with van der Waals surface area (Å²) in [6, 6.07) is 10.8. The summed E-state index contributed by atoms with van der Waals surface area (Å²) in [5.41, 5.74) is 2.90. The van der Waals surface area contributed by atoms with Gasteiger partial charge in [0.2, 0.25) is 0 Å². The topological polar surface area (TPSA) is 37.8 Å². The van der Waals surface area contributed by atoms with Gasteiger partial charge in [-0.2, -0.15) is 0 Å². The normalized spacial score (nSPS) is 17.9. The third kappa shape index (κ3) is 2.87. The van der Waals surface area contributed by atoms with E-state index < -0.39 is 0 Å². The highest BCUT2D eigenvalue weighted by Gasteiger charge is 2.18. The standard InChI is InChI=1S/C15H16ClN3/c1-10-17-14(16)9-15(18-10)19-13-7-6-11-4-2-3-5-12(11)8-13/h2-5,9,13H,6-8H2,1H3,(H,17,18,19). The van der Waals surface area contributed by atoms with E-state index in [0.29, 0.717) is 17.0 Å². The molecule has 1 aliphatic rings. The average Bonchev–Trinajstić information content (AvgIpc) is 2.37. The van der Waals surface area contributed by atoms with Crippen LogP contribution in [0.3, 0.4) is 0 Å². The lowest BCUT2D eigenvalue weighted by Crippen LogP contribution is -2.27. The number of anilines is 1. The summed E-state index contributed by atoms with van der Waals surface area (Å²) in [5, 5.41) is 3.96. The van der Waals surface area contributed by atoms with E-state index >= 15 is 0 Å². The first-order valence-corrected chi connectivity index (χ1v) is 6.93. The van der Waals surface area contributed by atoms with E-state index in [2.05, 4.69) is 39.6 Å². The van der Waals surface area contributed by atoms with Crippen molar-refractivity contribution in [1.82, 2.24) is 9.97 Å². The lowest BCUT2D eigenvalue weighted by Gasteiger charge is -2.26. The number of benzene rings is 1. The lowest BCUT2D eigenvalue weighted by atomic mass is 9.88. The molecule has 1 heterocycles. The first-order valence-electron chi connectivity index (χ1n) is 6.55. The molecule has 0 saturated heterocycles. The van der Waals surface area contributed by atoms with E-state index in [9.17, 15) is 0 Å². The van der Waals surface area contributed by atoms with Crippen LogP contribution in [0.4, 0.5) is 5.82 Å². The van der Waals surface area contributed by atoms with Crippen LogP contribution in [0.1, 0.15) is 23.4 Å². The van der Waals surface area contributed by atoms with E-state index in [1.54, 1.807) is 6.07 Å². The maximum Gasteiger partial charge on any atom is 0.134 e. The van der Waals surface area contributed by atoms with Gasteiger partial charge < -0.3 is 5.32 Å². The van der Waals surface area contributed by atoms with Crippen molar-refractivity contribution in [3.8, 4) is 0 Å². The van der Waals surface area contributed by atoms with Crippen LogP contribution < -0.4 is 5.32 Å². The van der Waals surface area contributed by atoms with Crippen molar-refractivity contribution in [3.63, 3.8) is 0 Å². The van der Waals surface area contributed by atoms with Crippen LogP contribution in [-0.2, 0) is 12.8 Å². The molecule has 0 radical (unpaired) electrons. The summed E-state index contributed by atoms with van der Waals surface area (Å²) in [7, 11) is 0. The maximum absolute atomic E-state index is 5.96. The Kier molecular flexibility index (Phi) is 3.38. The first-order chi connectivity index (χ1) is 9.20. The molecule has 1 aromatic heterocycles. The predicted molar refractivity (Wildman–Crippen MR) is 77.7 cm³/mol. The molecule has 2 aromatic rings. The Labute approximate surface area is 118 Å². The smallest absolute Gasteiger partial charge is 0.134 e. The molecular weight excluding hydrogens is 258 g/mol. The highest BCUT2D eigenvalue weighted by molar-refractivity contribution is 6.29. The van der Waals surface area contributed by atoms with Gasteiger partial charge in [0, 0.05) is 12.1 Å². The molecule has 1 aliphatic carbocycles. The molecular formula is C15H16ClN3. The van der Waals surface area contributed by atoms with E-state index in [1.807, 2.05) is 6.92 Å². The first kappa shape index (κ1) is 12.4. The second kappa shape index (κ2) is 5.17. The van der Waals surface area contributed by atoms with Gasteiger partial charge in [-0.25, -0.2) is 9.97 Å². The van der Waals surface area contributed by atoms with Gasteiger partial charge in [-0.1, -0.05) is 35.9 Å². The number of hydrogen-bond donors (Lipinski definition) is 1. The van der Waals surface area contributed by atoms with Gasteiger partial charge in [-0.05, 0) is 37.3 Å². The van der Waals surface area contributed by atoms with E-state index in [0.717, 1.165) is 25.1 Å². The Hall–Kier alpha value is -1.61. The minimum Gasteiger partial charge on any atom is -0.367 e. The Morgan fingerprint density at radius 2 is 2.00 bits per heavy atom. The largest absolute Gasteiger partial charge is 0.367 e. The number of nitrogens with one attached hydrogen (secondary N) is 1. The number of fused-ring (bicyclic) bond motifs is 1. The molecule has 0 spiro atoms. The monoisotopic (exact) mass is 273 g/mol. The zero-order chi connectivity index (χ0) is 13.2. The zero-order valence-corrected chi connectivity index (χ0v) is 11.6. The number of halogens is 1. The molecule has 0 aliphatic heterocycles. The minimum absolute atomic E-state index is 0.417. The van der Waals surface area contributed by atoms with Gasteiger partial charge in [0.1, 0.15) is 16.8 Å². The van der Waals surface area contributed by atoms with Crippen LogP contribution in [0.15, 0.2) is 30.3 Å². The second-order valence-electron chi connectivity index (χ2n) is 4.98. The van der Waals surface area contributed by atoms with Gasteiger partial charge >= 0.3 is 0 Å². The fourth-order valence-corrected chi connectivity index (χ4v) is 2.86. The summed E-state index contributed by atoms with van der Waals surface area (Å²) in [6.45, 7) is 1.85. The van der Waals surface area contributed by atoms with Crippen LogP contribution in [-0.4, -0.2) is 16.0 Å². The predicted octanol–water partition coefficient (Wildman–Crippen LogP) is 3.41. The fourth-order valence-electron chi connectivity index (χ4n) is 2.64. The van der Waals surface area contributed by atoms with Gasteiger partial charge in [0.15, 0.2) is 0 Å². The molecule has 4 heteroatoms. The zero-order valence-electron chi connectivity index (χ0n) is 10.9. The SMILES string of the molecule is Cc1nc(Cl)cc(NC2CCc3ccccc3C2)n1. The molecule has 19 heavy (non-hydrogen) atoms. The molecule has 0 fully saturated rings. The summed E-state index contributed by atoms with van der Waals surface area (Å²) in [4.78, 5) is 8.46. The van der Waals surface area contributed by atoms with E-state index in [4.69, 9.17) is 11.6 Å². The van der Waals surface area contributed by atoms with Crippen molar-refractivity contribution < 1.29 is 0 Å². The van der Waals surface area contributed by atoms with Crippen LogP contribution in [0.5, 0.6) is 0 Å². The van der Waals surface area contributed by atoms with Crippen molar-refractivity contribution in [2.45, 2.75) is 32.2 Å². The van der Waals surface area contributed by atoms with Crippen LogP contribution in [0, 0.1) is 6.92 Å². The van der Waals surface area contributed by atoms with Gasteiger partial charge in [-0.3, -0.25) is 0 Å². The van der Waals surface area contributed by atoms with Crippen LogP contribution >= 0.6 is 11.6 Å². The van der Waals surface area contributed by atoms with Crippen molar-refractivity contribution in [1.29, 1.82) is 0 Å². The minimum atomic E-state index is 0.417. The Morgan fingerprint density at radius 1 is 1.21 bits per heavy atom. The van der Waals surface area contributed by atoms with E-state index in [1.165, 1.54) is 11.1 Å². The highest BCUT2D eigenvalue weighted by Crippen LogP contribution is 2.23. The summed E-state index contributed by atoms with van der Waals surface area (Å²) in [5.74, 6) is 1.52. The Morgan fingerprint density at radius 3 is 2.79 bits per heavy atom. The molecule has 1 atom stereocenters. The van der Waals surface area contributed by atoms with E-state index in [-0.39, 0.29) is 0 Å². The Bertz CT molecular complexity index is 577. The fraction of sp³-hybridized carbons (Fsp3) is 0.333. The molecule has 0 bridgehead atoms. The third-order valence-electron chi connectivity index (χ3n) is 3.51. The summed E-state index contributed by atoms with van der Waals surface area (Å²) < 4.78 is 0. The van der Waals surface area contributed by atoms with Crippen molar-refractivity contribution in [2.75, 3.05) is 5.32 Å². The molecule has 0 saturated carbocycles. The van der Waals surface area contributed by atoms with Crippen LogP contribution in [0.2, 0.25) is 5.15 Å². The van der Waals surface area contributed by atoms with Crippen molar-refractivity contribution >= 4 is 17.4 Å². The molecule has 1 unspecified atom stereocenters. The molecule has 1 aromatic carbocycles. The van der Waals surface area contributed by atoms with Crippen LogP contribution in [0.25, 0.3) is 0 Å². The molecule has 3 nitrogen and oxygen atoms in total. The third-order valence-corrected chi connectivity index (χ3v) is 3.70. The summed E-state index contributed by atoms with van der Waals surface area (Å²) in [6.07, 6.45) is 3.28. The van der Waals surface area contributed by atoms with Gasteiger partial charge in [-0.15, -0.1) is 0 Å². The second-order valence-corrected chi connectivity index (χ2v) is 5.36. The molecule has 1 N–H and O–H groups in total. The highest BCUT2D eigenvalue weighted by atomic mass is 35.5. The quantitative estimate of drug-likeness (QED) is 0.852. The number of aromatic nitrogens is 2. The maximum atomic E-state index is 5.96. The van der Waals surface area contributed by atoms with Gasteiger partial charge in [0.25, 0.3) is 0 Å². The number of rotatable bonds is 2. The van der Waals surface area contributed by atoms with Crippen molar-refractivity contribution in [2.24, 2.45) is 0 Å².